The summed E-state index contributed by atoms with van der Waals surface area (Å²) in [6.45, 7) is 21.6. The van der Waals surface area contributed by atoms with Crippen LogP contribution in [0.5, 0.6) is 0 Å². The molecule has 2 aliphatic heterocycles. The first-order chi connectivity index (χ1) is 24.4. The van der Waals surface area contributed by atoms with Crippen molar-refractivity contribution in [2.75, 3.05) is 52.4 Å². The number of alkyl carbamates (subject to hydrolysis) is 1. The topological polar surface area (TPSA) is 104 Å². The van der Waals surface area contributed by atoms with E-state index in [0.717, 1.165) is 51.6 Å². The lowest BCUT2D eigenvalue weighted by molar-refractivity contribution is -0.215. The Morgan fingerprint density at radius 3 is 2.31 bits per heavy atom. The first-order valence-corrected chi connectivity index (χ1v) is 20.7. The molecule has 0 aromatic rings. The van der Waals surface area contributed by atoms with Crippen LogP contribution in [0, 0.1) is 50.7 Å². The summed E-state index contributed by atoms with van der Waals surface area (Å²) < 4.78 is 44.7. The molecule has 2 spiro atoms. The minimum atomic E-state index is -2.30. The van der Waals surface area contributed by atoms with E-state index in [1.54, 1.807) is 18.7 Å². The lowest BCUT2D eigenvalue weighted by atomic mass is 9.41. The van der Waals surface area contributed by atoms with Crippen molar-refractivity contribution >= 4 is 6.09 Å². The van der Waals surface area contributed by atoms with Gasteiger partial charge in [-0.05, 0) is 112 Å². The van der Waals surface area contributed by atoms with Gasteiger partial charge in [0.15, 0.2) is 0 Å². The van der Waals surface area contributed by atoms with Gasteiger partial charge in [0.25, 0.3) is 6.43 Å². The van der Waals surface area contributed by atoms with Crippen LogP contribution in [-0.2, 0) is 14.2 Å². The highest BCUT2D eigenvalue weighted by molar-refractivity contribution is 5.67. The number of fused-ring (bicyclic) bond motifs is 4. The normalized spacial score (nSPS) is 46.3. The first kappa shape index (κ1) is 39.1. The van der Waals surface area contributed by atoms with Crippen molar-refractivity contribution in [3.05, 3.63) is 0 Å². The van der Waals surface area contributed by atoms with Gasteiger partial charge in [0.05, 0.1) is 30.5 Å². The molecule has 0 radical (unpaired) electrons. The van der Waals surface area contributed by atoms with E-state index in [2.05, 4.69) is 44.8 Å². The van der Waals surface area contributed by atoms with Gasteiger partial charge in [-0.25, -0.2) is 13.6 Å². The predicted octanol–water partition coefficient (Wildman–Crippen LogP) is 5.95. The van der Waals surface area contributed by atoms with Gasteiger partial charge in [0.2, 0.25) is 0 Å². The second-order valence-electron chi connectivity index (χ2n) is 19.9. The number of hydrogen-bond donors (Lipinski definition) is 3. The number of halogens is 2. The molecule has 7 aliphatic rings. The van der Waals surface area contributed by atoms with Crippen molar-refractivity contribution in [2.24, 2.45) is 50.7 Å². The highest BCUT2D eigenvalue weighted by atomic mass is 19.3. The van der Waals surface area contributed by atoms with E-state index in [4.69, 9.17) is 14.2 Å². The summed E-state index contributed by atoms with van der Waals surface area (Å²) in [5.41, 5.74) is -1.11. The van der Waals surface area contributed by atoms with Crippen molar-refractivity contribution < 1.29 is 38.0 Å². The number of nitrogens with zero attached hydrogens (tertiary/aromatic N) is 2. The second kappa shape index (κ2) is 13.5. The summed E-state index contributed by atoms with van der Waals surface area (Å²) >= 11 is 0. The average molecular weight is 738 g/mol. The van der Waals surface area contributed by atoms with Crippen LogP contribution in [0.2, 0.25) is 0 Å². The number of aliphatic hydroxyl groups is 2. The summed E-state index contributed by atoms with van der Waals surface area (Å²) in [6, 6.07) is 0. The molecule has 7 fully saturated rings. The van der Waals surface area contributed by atoms with Crippen LogP contribution in [0.25, 0.3) is 0 Å². The van der Waals surface area contributed by atoms with Crippen molar-refractivity contribution in [3.8, 4) is 0 Å². The smallest absolute Gasteiger partial charge is 0.407 e. The third-order valence-corrected chi connectivity index (χ3v) is 17.0. The largest absolute Gasteiger partial charge is 0.446 e. The maximum absolute atomic E-state index is 13.1. The van der Waals surface area contributed by atoms with Gasteiger partial charge in [-0.2, -0.15) is 0 Å². The van der Waals surface area contributed by atoms with Crippen LogP contribution in [0.1, 0.15) is 107 Å². The highest BCUT2D eigenvalue weighted by Gasteiger charge is 2.84. The summed E-state index contributed by atoms with van der Waals surface area (Å²) in [6.07, 6.45) is 4.01. The van der Waals surface area contributed by atoms with Crippen LogP contribution >= 0.6 is 0 Å². The number of aliphatic hydroxyl groups excluding tert-OH is 1. The van der Waals surface area contributed by atoms with E-state index in [0.29, 0.717) is 50.5 Å². The average Bonchev–Trinajstić information content (AvgIpc) is 3.69. The highest BCUT2D eigenvalue weighted by Crippen LogP contribution is 2.89. The summed E-state index contributed by atoms with van der Waals surface area (Å²) in [4.78, 5) is 17.1. The Morgan fingerprint density at radius 1 is 1.00 bits per heavy atom. The fourth-order valence-corrected chi connectivity index (χ4v) is 14.5. The molecule has 0 aromatic heterocycles. The maximum atomic E-state index is 13.1. The number of ether oxygens (including phenoxy) is 3. The van der Waals surface area contributed by atoms with Gasteiger partial charge in [-0.3, -0.25) is 9.80 Å². The molecule has 5 saturated carbocycles. The molecule has 0 bridgehead atoms. The van der Waals surface area contributed by atoms with Gasteiger partial charge in [-0.15, -0.1) is 0 Å². The molecule has 0 aromatic carbocycles. The molecular formula is C41H69F2N3O6. The molecule has 2 heterocycles. The van der Waals surface area contributed by atoms with E-state index < -0.39 is 24.2 Å². The summed E-state index contributed by atoms with van der Waals surface area (Å²) in [5, 5.41) is 26.6. The fourth-order valence-electron chi connectivity index (χ4n) is 14.5. The van der Waals surface area contributed by atoms with Gasteiger partial charge < -0.3 is 29.7 Å². The maximum Gasteiger partial charge on any atom is 0.407 e. The fraction of sp³-hybridized carbons (Fsp3) is 0.976. The standard InChI is InChI=1S/C41H69F2N3O6/c1-9-50-34(37(5,6)49)26-22-25(2)31-32(51-26)33(47)39(8)28-11-10-27-36(3,4)29(12-13-40(27)24-41(28,40)15-14-38(31,39)7)52-35(48)44-16-17-45-18-20-46(21-19-45)23-30(42)43/h25-34,47,49H,9-24H2,1-8H3,(H,44,48)/t25-,26-,27+,28+,29+,31+,32+,33+,34+,38-,39-,40-,41+/m1/s1. The molecule has 3 N–H and O–H groups in total. The van der Waals surface area contributed by atoms with Crippen molar-refractivity contribution in [1.29, 1.82) is 0 Å². The minimum absolute atomic E-state index is 0.0445. The third-order valence-electron chi connectivity index (χ3n) is 17.0. The van der Waals surface area contributed by atoms with Crippen LogP contribution < -0.4 is 5.32 Å². The number of amides is 1. The van der Waals surface area contributed by atoms with Crippen LogP contribution in [-0.4, -0.2) is 121 Å². The number of rotatable bonds is 10. The Hall–Kier alpha value is -1.11. The Balaban J connectivity index is 1.01. The Kier molecular flexibility index (Phi) is 10.2. The third kappa shape index (κ3) is 5.90. The minimum Gasteiger partial charge on any atom is -0.446 e. The summed E-state index contributed by atoms with van der Waals surface area (Å²) in [7, 11) is 0. The first-order valence-electron chi connectivity index (χ1n) is 20.7. The molecule has 7 rings (SSSR count). The molecule has 52 heavy (non-hydrogen) atoms. The van der Waals surface area contributed by atoms with Crippen LogP contribution in [0.4, 0.5) is 13.6 Å². The summed E-state index contributed by atoms with van der Waals surface area (Å²) in [5.74, 6) is 1.47. The Bertz CT molecular complexity index is 1320. The van der Waals surface area contributed by atoms with Crippen molar-refractivity contribution in [1.82, 2.24) is 15.1 Å². The SMILES string of the molecule is CCO[C@@H]([C@H]1C[C@@H](C)[C@H]2[C@H](O1)[C@H](O)[C@@]1(C)[C@@H]3CC[C@H]4C(C)(C)[C@@H](OC(=O)NCCN5CCN(CC(F)F)CC5)CC[C@@]45C[C@@]35CC[C@]21C)C(C)(C)O. The quantitative estimate of drug-likeness (QED) is 0.253. The molecular weight excluding hydrogens is 668 g/mol. The lowest BCUT2D eigenvalue weighted by Crippen LogP contribution is -2.60. The van der Waals surface area contributed by atoms with E-state index in [9.17, 15) is 23.8 Å². The zero-order valence-electron chi connectivity index (χ0n) is 33.3. The Morgan fingerprint density at radius 2 is 1.65 bits per heavy atom. The van der Waals surface area contributed by atoms with Gasteiger partial charge in [0, 0.05) is 56.7 Å². The molecule has 0 unspecified atom stereocenters. The van der Waals surface area contributed by atoms with E-state index in [1.807, 2.05) is 6.92 Å². The molecule has 11 heteroatoms. The second-order valence-corrected chi connectivity index (χ2v) is 19.9. The molecule has 9 nitrogen and oxygen atoms in total. The number of nitrogens with one attached hydrogen (secondary N) is 1. The van der Waals surface area contributed by atoms with Gasteiger partial charge in [0.1, 0.15) is 12.2 Å². The molecule has 298 valence electrons. The van der Waals surface area contributed by atoms with E-state index >= 15 is 0 Å². The van der Waals surface area contributed by atoms with Crippen LogP contribution in [0.15, 0.2) is 0 Å². The number of carbonyl (C=O) groups is 1. The zero-order valence-corrected chi connectivity index (χ0v) is 33.3. The molecule has 5 aliphatic carbocycles. The van der Waals surface area contributed by atoms with Gasteiger partial charge in [-0.1, -0.05) is 34.6 Å². The number of hydrogen-bond acceptors (Lipinski definition) is 8. The zero-order chi connectivity index (χ0) is 37.6. The van der Waals surface area contributed by atoms with Crippen molar-refractivity contribution in [2.45, 2.75) is 149 Å². The Labute approximate surface area is 311 Å². The van der Waals surface area contributed by atoms with E-state index in [1.165, 1.54) is 12.8 Å². The van der Waals surface area contributed by atoms with Gasteiger partial charge >= 0.3 is 6.09 Å². The van der Waals surface area contributed by atoms with Crippen molar-refractivity contribution in [3.63, 3.8) is 0 Å². The number of piperazine rings is 1. The predicted molar refractivity (Wildman–Crippen MR) is 195 cm³/mol. The lowest BCUT2D eigenvalue weighted by Gasteiger charge is -2.63. The molecule has 1 amide bonds. The molecule has 13 atom stereocenters. The molecule has 2 saturated heterocycles. The monoisotopic (exact) mass is 738 g/mol. The number of carbonyl (C=O) groups excluding carboxylic acids is 1. The van der Waals surface area contributed by atoms with E-state index in [-0.39, 0.29) is 63.9 Å². The number of alkyl halides is 2. The van der Waals surface area contributed by atoms with Crippen LogP contribution in [0.3, 0.4) is 0 Å².